The quantitative estimate of drug-likeness (QED) is 0.403. The zero-order valence-electron chi connectivity index (χ0n) is 13.5. The summed E-state index contributed by atoms with van der Waals surface area (Å²) in [6.45, 7) is 1.74. The summed E-state index contributed by atoms with van der Waals surface area (Å²) in [5, 5.41) is 6.22. The minimum atomic E-state index is -4.17. The van der Waals surface area contributed by atoms with Crippen LogP contribution in [0.4, 0.5) is 13.2 Å². The molecule has 1 aromatic rings. The van der Waals surface area contributed by atoms with Gasteiger partial charge in [0, 0.05) is 20.1 Å². The Labute approximate surface area is 152 Å². The summed E-state index contributed by atoms with van der Waals surface area (Å²) in [5.41, 5.74) is 1.11. The molecular formula is C15H24F3IN4. The van der Waals surface area contributed by atoms with Gasteiger partial charge in [0.05, 0.1) is 12.6 Å². The molecule has 1 aromatic carbocycles. The Bertz CT molecular complexity index is 466. The molecule has 0 aliphatic rings. The molecule has 0 spiro atoms. The Kier molecular flexibility index (Phi) is 10.2. The lowest BCUT2D eigenvalue weighted by atomic mass is 10.1. The molecule has 0 amide bonds. The molecule has 23 heavy (non-hydrogen) atoms. The van der Waals surface area contributed by atoms with Crippen LogP contribution in [0.2, 0.25) is 0 Å². The number of nitrogens with zero attached hydrogens (tertiary/aromatic N) is 2. The Morgan fingerprint density at radius 1 is 1.26 bits per heavy atom. The minimum absolute atomic E-state index is 0. The van der Waals surface area contributed by atoms with Gasteiger partial charge in [-0.05, 0) is 19.5 Å². The minimum Gasteiger partial charge on any atom is -0.355 e. The maximum absolute atomic E-state index is 12.2. The standard InChI is InChI=1S/C15H23F3N4.HI/c1-12(13-7-5-4-6-8-13)21-14(19-2)20-9-10-22(3)11-15(16,17)18;/h4-8,12H,9-11H2,1-3H3,(H2,19,20,21);1H. The molecule has 0 radical (unpaired) electrons. The lowest BCUT2D eigenvalue weighted by molar-refractivity contribution is -0.142. The van der Waals surface area contributed by atoms with E-state index in [0.29, 0.717) is 12.5 Å². The summed E-state index contributed by atoms with van der Waals surface area (Å²) < 4.78 is 36.7. The number of guanidine groups is 1. The monoisotopic (exact) mass is 444 g/mol. The Balaban J connectivity index is 0.00000484. The van der Waals surface area contributed by atoms with Crippen LogP contribution in [0.5, 0.6) is 0 Å². The van der Waals surface area contributed by atoms with Crippen LogP contribution in [0, 0.1) is 0 Å². The Morgan fingerprint density at radius 2 is 1.87 bits per heavy atom. The van der Waals surface area contributed by atoms with Gasteiger partial charge in [0.15, 0.2) is 5.96 Å². The highest BCUT2D eigenvalue weighted by Crippen LogP contribution is 2.15. The van der Waals surface area contributed by atoms with E-state index in [1.165, 1.54) is 11.9 Å². The van der Waals surface area contributed by atoms with E-state index >= 15 is 0 Å². The molecule has 4 nitrogen and oxygen atoms in total. The number of nitrogens with one attached hydrogen (secondary N) is 2. The number of halogens is 4. The Hall–Kier alpha value is -1.03. The molecule has 132 valence electrons. The van der Waals surface area contributed by atoms with E-state index in [0.717, 1.165) is 5.56 Å². The van der Waals surface area contributed by atoms with Gasteiger partial charge < -0.3 is 10.6 Å². The summed E-state index contributed by atoms with van der Waals surface area (Å²) >= 11 is 0. The average molecular weight is 444 g/mol. The van der Waals surface area contributed by atoms with Gasteiger partial charge >= 0.3 is 6.18 Å². The molecule has 0 fully saturated rings. The van der Waals surface area contributed by atoms with Crippen LogP contribution in [0.15, 0.2) is 35.3 Å². The van der Waals surface area contributed by atoms with E-state index in [2.05, 4.69) is 15.6 Å². The van der Waals surface area contributed by atoms with Gasteiger partial charge in [0.1, 0.15) is 0 Å². The molecule has 0 aliphatic carbocycles. The van der Waals surface area contributed by atoms with Gasteiger partial charge in [-0.15, -0.1) is 24.0 Å². The summed E-state index contributed by atoms with van der Waals surface area (Å²) in [7, 11) is 3.07. The predicted molar refractivity (Wildman–Crippen MR) is 98.3 cm³/mol. The lowest BCUT2D eigenvalue weighted by Gasteiger charge is -2.21. The smallest absolute Gasteiger partial charge is 0.355 e. The molecule has 8 heteroatoms. The molecule has 0 saturated heterocycles. The van der Waals surface area contributed by atoms with Crippen molar-refractivity contribution in [1.29, 1.82) is 0 Å². The van der Waals surface area contributed by atoms with Crippen molar-refractivity contribution in [2.45, 2.75) is 19.1 Å². The normalized spacial score (nSPS) is 13.4. The van der Waals surface area contributed by atoms with Gasteiger partial charge in [-0.3, -0.25) is 9.89 Å². The highest BCUT2D eigenvalue weighted by Gasteiger charge is 2.28. The van der Waals surface area contributed by atoms with Gasteiger partial charge in [-0.1, -0.05) is 30.3 Å². The third kappa shape index (κ3) is 9.65. The first-order valence-corrected chi connectivity index (χ1v) is 7.09. The number of likely N-dealkylation sites (N-methyl/N-ethyl adjacent to an activating group) is 1. The third-order valence-electron chi connectivity index (χ3n) is 3.11. The molecule has 1 atom stereocenters. The van der Waals surface area contributed by atoms with Crippen molar-refractivity contribution < 1.29 is 13.2 Å². The van der Waals surface area contributed by atoms with Crippen molar-refractivity contribution in [2.24, 2.45) is 4.99 Å². The van der Waals surface area contributed by atoms with Gasteiger partial charge in [-0.25, -0.2) is 0 Å². The number of aliphatic imine (C=N–C) groups is 1. The van der Waals surface area contributed by atoms with E-state index in [9.17, 15) is 13.2 Å². The maximum atomic E-state index is 12.2. The third-order valence-corrected chi connectivity index (χ3v) is 3.11. The second-order valence-corrected chi connectivity index (χ2v) is 5.13. The van der Waals surface area contributed by atoms with E-state index in [1.54, 1.807) is 7.05 Å². The first-order valence-electron chi connectivity index (χ1n) is 7.09. The summed E-state index contributed by atoms with van der Waals surface area (Å²) in [4.78, 5) is 5.30. The fourth-order valence-corrected chi connectivity index (χ4v) is 1.98. The van der Waals surface area contributed by atoms with E-state index in [1.807, 2.05) is 37.3 Å². The van der Waals surface area contributed by atoms with Gasteiger partial charge in [0.2, 0.25) is 0 Å². The first-order chi connectivity index (χ1) is 10.3. The van der Waals surface area contributed by atoms with Crippen LogP contribution in [-0.4, -0.2) is 50.8 Å². The number of hydrogen-bond donors (Lipinski definition) is 2. The molecule has 0 aliphatic heterocycles. The molecule has 2 N–H and O–H groups in total. The second kappa shape index (κ2) is 10.7. The molecule has 1 unspecified atom stereocenters. The zero-order valence-corrected chi connectivity index (χ0v) is 15.9. The number of alkyl halides is 3. The molecule has 0 bridgehead atoms. The topological polar surface area (TPSA) is 39.7 Å². The van der Waals surface area contributed by atoms with Crippen molar-refractivity contribution in [3.63, 3.8) is 0 Å². The molecular weight excluding hydrogens is 420 g/mol. The fraction of sp³-hybridized carbons (Fsp3) is 0.533. The number of benzene rings is 1. The van der Waals surface area contributed by atoms with Gasteiger partial charge in [0.25, 0.3) is 0 Å². The van der Waals surface area contributed by atoms with Crippen molar-refractivity contribution in [3.8, 4) is 0 Å². The van der Waals surface area contributed by atoms with Crippen LogP contribution in [0.1, 0.15) is 18.5 Å². The van der Waals surface area contributed by atoms with E-state index < -0.39 is 12.7 Å². The van der Waals surface area contributed by atoms with Gasteiger partial charge in [-0.2, -0.15) is 13.2 Å². The Morgan fingerprint density at radius 3 is 2.39 bits per heavy atom. The highest BCUT2D eigenvalue weighted by molar-refractivity contribution is 14.0. The summed E-state index contributed by atoms with van der Waals surface area (Å²) in [6.07, 6.45) is -4.17. The average Bonchev–Trinajstić information content (AvgIpc) is 2.45. The summed E-state index contributed by atoms with van der Waals surface area (Å²) in [6, 6.07) is 9.91. The van der Waals surface area contributed by atoms with Crippen LogP contribution < -0.4 is 10.6 Å². The highest BCUT2D eigenvalue weighted by atomic mass is 127. The van der Waals surface area contributed by atoms with Crippen molar-refractivity contribution >= 4 is 29.9 Å². The van der Waals surface area contributed by atoms with Crippen LogP contribution in [-0.2, 0) is 0 Å². The van der Waals surface area contributed by atoms with Crippen molar-refractivity contribution in [1.82, 2.24) is 15.5 Å². The lowest BCUT2D eigenvalue weighted by Crippen LogP contribution is -2.43. The van der Waals surface area contributed by atoms with Crippen molar-refractivity contribution in [2.75, 3.05) is 33.7 Å². The zero-order chi connectivity index (χ0) is 16.6. The van der Waals surface area contributed by atoms with E-state index in [-0.39, 0.29) is 36.6 Å². The molecule has 0 heterocycles. The maximum Gasteiger partial charge on any atom is 0.401 e. The van der Waals surface area contributed by atoms with E-state index in [4.69, 9.17) is 0 Å². The molecule has 0 saturated carbocycles. The first kappa shape index (κ1) is 22.0. The van der Waals surface area contributed by atoms with Crippen molar-refractivity contribution in [3.05, 3.63) is 35.9 Å². The molecule has 1 rings (SSSR count). The SMILES string of the molecule is CN=C(NCCN(C)CC(F)(F)F)NC(C)c1ccccc1.I. The largest absolute Gasteiger partial charge is 0.401 e. The molecule has 0 aromatic heterocycles. The summed E-state index contributed by atoms with van der Waals surface area (Å²) in [5.74, 6) is 0.566. The van der Waals surface area contributed by atoms with Crippen LogP contribution in [0.3, 0.4) is 0 Å². The number of rotatable bonds is 6. The predicted octanol–water partition coefficient (Wildman–Crippen LogP) is 3.02. The van der Waals surface area contributed by atoms with Crippen LogP contribution in [0.25, 0.3) is 0 Å². The number of hydrogen-bond acceptors (Lipinski definition) is 2. The van der Waals surface area contributed by atoms with Crippen LogP contribution >= 0.6 is 24.0 Å². The second-order valence-electron chi connectivity index (χ2n) is 5.13. The fourth-order valence-electron chi connectivity index (χ4n) is 1.98.